The van der Waals surface area contributed by atoms with Crippen LogP contribution >= 0.6 is 0 Å². The van der Waals surface area contributed by atoms with Crippen LogP contribution in [0.25, 0.3) is 0 Å². The fraction of sp³-hybridized carbons (Fsp3) is 0.875. The van der Waals surface area contributed by atoms with Crippen LogP contribution in [0.15, 0.2) is 0 Å². The number of carbonyl (C=O) groups excluding carboxylic acids is 3. The number of carbonyl (C=O) groups is 3. The van der Waals surface area contributed by atoms with E-state index in [4.69, 9.17) is 9.47 Å². The van der Waals surface area contributed by atoms with Gasteiger partial charge in [-0.25, -0.2) is 0 Å². The van der Waals surface area contributed by atoms with Gasteiger partial charge in [0.05, 0.1) is 6.04 Å². The molecule has 1 amide bonds. The molecule has 0 saturated heterocycles. The summed E-state index contributed by atoms with van der Waals surface area (Å²) in [6.07, 6.45) is 14.1. The zero-order valence-corrected chi connectivity index (χ0v) is 20.0. The fourth-order valence-electron chi connectivity index (χ4n) is 3.74. The Hall–Kier alpha value is -1.59. The standard InChI is InChI=1S/C24H45NO5/c1-6-7-8-9-10-11-12-13-14-15-16-17-23(29-21(4)27)18-24(30-22(5)28)19(2)25-20(3)26/h19,23-24H,6-18H2,1-5H3,(H,25,26)/t19-,23+,24-/m0/s1. The number of unbranched alkanes of at least 4 members (excludes halogenated alkanes) is 10. The van der Waals surface area contributed by atoms with Crippen molar-refractivity contribution in [2.75, 3.05) is 0 Å². The van der Waals surface area contributed by atoms with Crippen molar-refractivity contribution in [2.24, 2.45) is 0 Å². The van der Waals surface area contributed by atoms with Crippen LogP contribution < -0.4 is 5.32 Å². The second-order valence-corrected chi connectivity index (χ2v) is 8.43. The second kappa shape index (κ2) is 18.2. The van der Waals surface area contributed by atoms with E-state index in [9.17, 15) is 14.4 Å². The van der Waals surface area contributed by atoms with E-state index in [1.165, 1.54) is 78.6 Å². The number of amides is 1. The summed E-state index contributed by atoms with van der Waals surface area (Å²) in [5, 5.41) is 2.76. The summed E-state index contributed by atoms with van der Waals surface area (Å²) in [5.74, 6) is -0.931. The van der Waals surface area contributed by atoms with Crippen LogP contribution in [0, 0.1) is 0 Å². The molecule has 0 aromatic heterocycles. The molecule has 0 bridgehead atoms. The Labute approximate surface area is 183 Å². The van der Waals surface area contributed by atoms with E-state index in [1.54, 1.807) is 6.92 Å². The van der Waals surface area contributed by atoms with E-state index >= 15 is 0 Å². The van der Waals surface area contributed by atoms with Crippen LogP contribution in [0.4, 0.5) is 0 Å². The number of hydrogen-bond donors (Lipinski definition) is 1. The molecule has 0 fully saturated rings. The molecule has 3 atom stereocenters. The molecule has 0 radical (unpaired) electrons. The van der Waals surface area contributed by atoms with Crippen LogP contribution in [0.3, 0.4) is 0 Å². The minimum Gasteiger partial charge on any atom is -0.462 e. The maximum Gasteiger partial charge on any atom is 0.302 e. The van der Waals surface area contributed by atoms with Crippen LogP contribution in [0.2, 0.25) is 0 Å². The Morgan fingerprint density at radius 1 is 0.733 bits per heavy atom. The number of esters is 2. The van der Waals surface area contributed by atoms with Gasteiger partial charge in [0.2, 0.25) is 5.91 Å². The Bertz CT molecular complexity index is 480. The van der Waals surface area contributed by atoms with E-state index < -0.39 is 12.1 Å². The van der Waals surface area contributed by atoms with E-state index in [2.05, 4.69) is 12.2 Å². The van der Waals surface area contributed by atoms with Crippen LogP contribution in [0.5, 0.6) is 0 Å². The van der Waals surface area contributed by atoms with Gasteiger partial charge in [-0.3, -0.25) is 14.4 Å². The predicted octanol–water partition coefficient (Wildman–Crippen LogP) is 5.47. The maximum atomic E-state index is 11.5. The van der Waals surface area contributed by atoms with Gasteiger partial charge in [-0.1, -0.05) is 71.1 Å². The van der Waals surface area contributed by atoms with Gasteiger partial charge in [0.1, 0.15) is 12.2 Å². The van der Waals surface area contributed by atoms with Crippen molar-refractivity contribution >= 4 is 17.8 Å². The highest BCUT2D eigenvalue weighted by Gasteiger charge is 2.26. The van der Waals surface area contributed by atoms with Crippen molar-refractivity contribution in [1.82, 2.24) is 5.32 Å². The molecule has 0 spiro atoms. The molecule has 0 aromatic rings. The second-order valence-electron chi connectivity index (χ2n) is 8.43. The molecule has 0 rings (SSSR count). The minimum absolute atomic E-state index is 0.186. The van der Waals surface area contributed by atoms with Crippen LogP contribution in [0.1, 0.15) is 118 Å². The van der Waals surface area contributed by atoms with Gasteiger partial charge in [-0.2, -0.15) is 0 Å². The summed E-state index contributed by atoms with van der Waals surface area (Å²) in [6, 6.07) is -0.346. The van der Waals surface area contributed by atoms with E-state index in [0.717, 1.165) is 19.3 Å². The Morgan fingerprint density at radius 2 is 1.20 bits per heavy atom. The van der Waals surface area contributed by atoms with Crippen molar-refractivity contribution in [3.8, 4) is 0 Å². The summed E-state index contributed by atoms with van der Waals surface area (Å²) in [6.45, 7) is 8.20. The molecule has 0 aliphatic rings. The first-order valence-electron chi connectivity index (χ1n) is 11.9. The third-order valence-corrected chi connectivity index (χ3v) is 5.26. The highest BCUT2D eigenvalue weighted by atomic mass is 16.6. The molecule has 30 heavy (non-hydrogen) atoms. The van der Waals surface area contributed by atoms with Gasteiger partial charge in [0, 0.05) is 27.2 Å². The lowest BCUT2D eigenvalue weighted by Crippen LogP contribution is -2.44. The summed E-state index contributed by atoms with van der Waals surface area (Å²) < 4.78 is 10.9. The smallest absolute Gasteiger partial charge is 0.302 e. The minimum atomic E-state index is -0.525. The molecule has 0 aliphatic carbocycles. The van der Waals surface area contributed by atoms with Crippen LogP contribution in [-0.4, -0.2) is 36.1 Å². The number of rotatable bonds is 18. The van der Waals surface area contributed by atoms with Gasteiger partial charge in [-0.05, 0) is 19.8 Å². The van der Waals surface area contributed by atoms with Crippen molar-refractivity contribution in [1.29, 1.82) is 0 Å². The topological polar surface area (TPSA) is 81.7 Å². The Morgan fingerprint density at radius 3 is 1.63 bits per heavy atom. The third kappa shape index (κ3) is 17.3. The first-order valence-corrected chi connectivity index (χ1v) is 11.9. The third-order valence-electron chi connectivity index (χ3n) is 5.26. The first-order chi connectivity index (χ1) is 14.3. The van der Waals surface area contributed by atoms with Gasteiger partial charge < -0.3 is 14.8 Å². The molecule has 0 unspecified atom stereocenters. The summed E-state index contributed by atoms with van der Waals surface area (Å²) >= 11 is 0. The molecule has 1 N–H and O–H groups in total. The summed E-state index contributed by atoms with van der Waals surface area (Å²) in [4.78, 5) is 34.3. The average Bonchev–Trinajstić information content (AvgIpc) is 2.64. The first kappa shape index (κ1) is 28.4. The molecule has 6 nitrogen and oxygen atoms in total. The number of hydrogen-bond acceptors (Lipinski definition) is 5. The van der Waals surface area contributed by atoms with Gasteiger partial charge in [0.15, 0.2) is 0 Å². The molecular weight excluding hydrogens is 382 g/mol. The fourth-order valence-corrected chi connectivity index (χ4v) is 3.74. The van der Waals surface area contributed by atoms with Gasteiger partial charge >= 0.3 is 11.9 Å². The Kier molecular flexibility index (Phi) is 17.2. The number of ether oxygens (including phenoxy) is 2. The molecular formula is C24H45NO5. The molecule has 0 aromatic carbocycles. The highest BCUT2D eigenvalue weighted by molar-refractivity contribution is 5.73. The molecule has 0 aliphatic heterocycles. The lowest BCUT2D eigenvalue weighted by molar-refractivity contribution is -0.155. The molecule has 0 saturated carbocycles. The summed E-state index contributed by atoms with van der Waals surface area (Å²) in [5.41, 5.74) is 0. The van der Waals surface area contributed by atoms with Crippen molar-refractivity contribution in [2.45, 2.75) is 136 Å². The SMILES string of the molecule is CCCCCCCCCCCCC[C@H](C[C@H](OC(C)=O)[C@H](C)NC(C)=O)OC(C)=O. The van der Waals surface area contributed by atoms with Crippen molar-refractivity contribution in [3.63, 3.8) is 0 Å². The maximum absolute atomic E-state index is 11.5. The summed E-state index contributed by atoms with van der Waals surface area (Å²) in [7, 11) is 0. The lowest BCUT2D eigenvalue weighted by atomic mass is 9.99. The average molecular weight is 428 g/mol. The van der Waals surface area contributed by atoms with E-state index in [1.807, 2.05) is 0 Å². The van der Waals surface area contributed by atoms with E-state index in [0.29, 0.717) is 6.42 Å². The highest BCUT2D eigenvalue weighted by Crippen LogP contribution is 2.18. The lowest BCUT2D eigenvalue weighted by Gasteiger charge is -2.28. The number of nitrogens with one attached hydrogen (secondary N) is 1. The van der Waals surface area contributed by atoms with E-state index in [-0.39, 0.29) is 24.0 Å². The van der Waals surface area contributed by atoms with Gasteiger partial charge in [-0.15, -0.1) is 0 Å². The van der Waals surface area contributed by atoms with Gasteiger partial charge in [0.25, 0.3) is 0 Å². The monoisotopic (exact) mass is 427 g/mol. The Balaban J connectivity index is 4.28. The van der Waals surface area contributed by atoms with Crippen molar-refractivity contribution < 1.29 is 23.9 Å². The molecule has 176 valence electrons. The zero-order valence-electron chi connectivity index (χ0n) is 20.0. The normalized spacial score (nSPS) is 13.9. The molecule has 0 heterocycles. The molecule has 6 heteroatoms. The zero-order chi connectivity index (χ0) is 22.8. The largest absolute Gasteiger partial charge is 0.462 e. The predicted molar refractivity (Wildman–Crippen MR) is 120 cm³/mol. The van der Waals surface area contributed by atoms with Crippen molar-refractivity contribution in [3.05, 3.63) is 0 Å². The van der Waals surface area contributed by atoms with Crippen LogP contribution in [-0.2, 0) is 23.9 Å². The quantitative estimate of drug-likeness (QED) is 0.232.